The summed E-state index contributed by atoms with van der Waals surface area (Å²) in [5, 5.41) is 3.43. The fourth-order valence-corrected chi connectivity index (χ4v) is 5.02. The number of piperidine rings is 1. The molecule has 1 atom stereocenters. The molecule has 3 aliphatic rings. The molecule has 1 unspecified atom stereocenters. The van der Waals surface area contributed by atoms with Crippen molar-refractivity contribution in [3.63, 3.8) is 0 Å². The molecule has 1 spiro atoms. The minimum Gasteiger partial charge on any atom is -0.317 e. The SMILES string of the molecule is O=S1(=O)CCCN(CC2CC23CCNCC3)CC1. The van der Waals surface area contributed by atoms with Gasteiger partial charge < -0.3 is 10.2 Å². The van der Waals surface area contributed by atoms with Gasteiger partial charge >= 0.3 is 0 Å². The smallest absolute Gasteiger partial charge is 0.151 e. The molecule has 3 rings (SSSR count). The fourth-order valence-electron chi connectivity index (χ4n) is 3.71. The van der Waals surface area contributed by atoms with Crippen LogP contribution in [0.3, 0.4) is 0 Å². The van der Waals surface area contributed by atoms with Crippen LogP contribution in [-0.2, 0) is 9.84 Å². The van der Waals surface area contributed by atoms with E-state index in [4.69, 9.17) is 0 Å². The predicted molar refractivity (Wildman–Crippen MR) is 72.4 cm³/mol. The van der Waals surface area contributed by atoms with Gasteiger partial charge in [0.1, 0.15) is 0 Å². The number of hydrogen-bond donors (Lipinski definition) is 1. The largest absolute Gasteiger partial charge is 0.317 e. The molecule has 4 nitrogen and oxygen atoms in total. The Morgan fingerprint density at radius 3 is 2.72 bits per heavy atom. The van der Waals surface area contributed by atoms with Crippen LogP contribution < -0.4 is 5.32 Å². The van der Waals surface area contributed by atoms with Crippen LogP contribution in [0.4, 0.5) is 0 Å². The lowest BCUT2D eigenvalue weighted by Crippen LogP contribution is -2.34. The fraction of sp³-hybridized carbons (Fsp3) is 1.00. The number of nitrogens with one attached hydrogen (secondary N) is 1. The van der Waals surface area contributed by atoms with Crippen molar-refractivity contribution in [1.82, 2.24) is 10.2 Å². The highest BCUT2D eigenvalue weighted by Gasteiger charge is 2.53. The van der Waals surface area contributed by atoms with Crippen LogP contribution in [0.1, 0.15) is 25.7 Å². The third-order valence-corrected chi connectivity index (χ3v) is 6.80. The molecule has 0 aromatic heterocycles. The van der Waals surface area contributed by atoms with E-state index in [1.54, 1.807) is 0 Å². The maximum Gasteiger partial charge on any atom is 0.151 e. The van der Waals surface area contributed by atoms with Crippen LogP contribution in [0.5, 0.6) is 0 Å². The van der Waals surface area contributed by atoms with E-state index in [2.05, 4.69) is 10.2 Å². The molecule has 3 fully saturated rings. The van der Waals surface area contributed by atoms with Crippen molar-refractivity contribution in [2.75, 3.05) is 44.2 Å². The van der Waals surface area contributed by atoms with Crippen molar-refractivity contribution in [3.8, 4) is 0 Å². The van der Waals surface area contributed by atoms with Crippen molar-refractivity contribution in [2.24, 2.45) is 11.3 Å². The van der Waals surface area contributed by atoms with Crippen molar-refractivity contribution < 1.29 is 8.42 Å². The van der Waals surface area contributed by atoms with Crippen LogP contribution in [-0.4, -0.2) is 57.5 Å². The van der Waals surface area contributed by atoms with E-state index in [0.29, 0.717) is 16.9 Å². The quantitative estimate of drug-likeness (QED) is 0.795. The van der Waals surface area contributed by atoms with Gasteiger partial charge in [-0.2, -0.15) is 0 Å². The molecule has 5 heteroatoms. The van der Waals surface area contributed by atoms with Gasteiger partial charge in [-0.15, -0.1) is 0 Å². The highest BCUT2D eigenvalue weighted by atomic mass is 32.2. The molecule has 0 radical (unpaired) electrons. The minimum absolute atomic E-state index is 0.369. The number of hydrogen-bond acceptors (Lipinski definition) is 4. The third-order valence-electron chi connectivity index (χ3n) is 5.08. The molecular weight excluding hydrogens is 248 g/mol. The van der Waals surface area contributed by atoms with E-state index < -0.39 is 9.84 Å². The van der Waals surface area contributed by atoms with Gasteiger partial charge in [0.2, 0.25) is 0 Å². The lowest BCUT2D eigenvalue weighted by atomic mass is 9.92. The topological polar surface area (TPSA) is 49.4 Å². The molecule has 1 saturated carbocycles. The van der Waals surface area contributed by atoms with E-state index in [1.165, 1.54) is 32.4 Å². The molecule has 2 saturated heterocycles. The summed E-state index contributed by atoms with van der Waals surface area (Å²) >= 11 is 0. The zero-order chi connectivity index (χ0) is 12.6. The molecule has 0 amide bonds. The first-order chi connectivity index (χ1) is 8.60. The first-order valence-electron chi connectivity index (χ1n) is 7.23. The lowest BCUT2D eigenvalue weighted by molar-refractivity contribution is 0.241. The molecule has 104 valence electrons. The molecule has 18 heavy (non-hydrogen) atoms. The van der Waals surface area contributed by atoms with Gasteiger partial charge in [0.15, 0.2) is 9.84 Å². The lowest BCUT2D eigenvalue weighted by Gasteiger charge is -2.26. The van der Waals surface area contributed by atoms with E-state index in [-0.39, 0.29) is 0 Å². The number of rotatable bonds is 2. The minimum atomic E-state index is -2.75. The van der Waals surface area contributed by atoms with Gasteiger partial charge in [0.25, 0.3) is 0 Å². The Balaban J connectivity index is 1.52. The van der Waals surface area contributed by atoms with Crippen molar-refractivity contribution in [3.05, 3.63) is 0 Å². The van der Waals surface area contributed by atoms with Gasteiger partial charge in [0, 0.05) is 13.1 Å². The summed E-state index contributed by atoms with van der Waals surface area (Å²) in [6.45, 7) is 5.21. The molecule has 2 aliphatic heterocycles. The molecule has 1 N–H and O–H groups in total. The molecule has 0 bridgehead atoms. The summed E-state index contributed by atoms with van der Waals surface area (Å²) in [5.41, 5.74) is 0.621. The van der Waals surface area contributed by atoms with Crippen molar-refractivity contribution in [1.29, 1.82) is 0 Å². The maximum atomic E-state index is 11.6. The Bertz CT molecular complexity index is 401. The molecule has 0 aromatic rings. The Kier molecular flexibility index (Phi) is 3.41. The summed E-state index contributed by atoms with van der Waals surface area (Å²) in [6, 6.07) is 0. The van der Waals surface area contributed by atoms with Gasteiger partial charge in [-0.3, -0.25) is 0 Å². The second-order valence-electron chi connectivity index (χ2n) is 6.32. The first kappa shape index (κ1) is 12.9. The second kappa shape index (κ2) is 4.76. The average Bonchev–Trinajstić information content (AvgIpc) is 3.02. The van der Waals surface area contributed by atoms with Crippen molar-refractivity contribution >= 4 is 9.84 Å². The van der Waals surface area contributed by atoms with Gasteiger partial charge in [-0.25, -0.2) is 8.42 Å². The first-order valence-corrected chi connectivity index (χ1v) is 9.05. The summed E-state index contributed by atoms with van der Waals surface area (Å²) in [4.78, 5) is 2.39. The van der Waals surface area contributed by atoms with Crippen LogP contribution >= 0.6 is 0 Å². The van der Waals surface area contributed by atoms with Crippen molar-refractivity contribution in [2.45, 2.75) is 25.7 Å². The molecule has 1 aliphatic carbocycles. The molecule has 2 heterocycles. The Labute approximate surface area is 110 Å². The van der Waals surface area contributed by atoms with Gasteiger partial charge in [-0.05, 0) is 56.7 Å². The third kappa shape index (κ3) is 2.73. The van der Waals surface area contributed by atoms with Crippen LogP contribution in [0, 0.1) is 11.3 Å². The number of nitrogens with zero attached hydrogens (tertiary/aromatic N) is 1. The maximum absolute atomic E-state index is 11.6. The summed E-state index contributed by atoms with van der Waals surface area (Å²) < 4.78 is 23.2. The Hall–Kier alpha value is -0.130. The van der Waals surface area contributed by atoms with Crippen LogP contribution in [0.25, 0.3) is 0 Å². The zero-order valence-corrected chi connectivity index (χ0v) is 11.8. The summed E-state index contributed by atoms with van der Waals surface area (Å²) in [7, 11) is -2.75. The molecular formula is C13H24N2O2S. The monoisotopic (exact) mass is 272 g/mol. The predicted octanol–water partition coefficient (Wildman–Crippen LogP) is 0.497. The van der Waals surface area contributed by atoms with E-state index >= 15 is 0 Å². The highest BCUT2D eigenvalue weighted by molar-refractivity contribution is 7.91. The zero-order valence-electron chi connectivity index (χ0n) is 11.0. The number of sulfone groups is 1. The van der Waals surface area contributed by atoms with Crippen LogP contribution in [0.2, 0.25) is 0 Å². The van der Waals surface area contributed by atoms with E-state index in [0.717, 1.165) is 32.0 Å². The van der Waals surface area contributed by atoms with E-state index in [1.807, 2.05) is 0 Å². The Morgan fingerprint density at radius 1 is 1.17 bits per heavy atom. The highest BCUT2D eigenvalue weighted by Crippen LogP contribution is 2.58. The summed E-state index contributed by atoms with van der Waals surface area (Å²) in [6.07, 6.45) is 4.84. The molecule has 0 aromatic carbocycles. The summed E-state index contributed by atoms with van der Waals surface area (Å²) in [5.74, 6) is 1.60. The second-order valence-corrected chi connectivity index (χ2v) is 8.62. The van der Waals surface area contributed by atoms with Crippen LogP contribution in [0.15, 0.2) is 0 Å². The Morgan fingerprint density at radius 2 is 1.94 bits per heavy atom. The van der Waals surface area contributed by atoms with Gasteiger partial charge in [0.05, 0.1) is 11.5 Å². The van der Waals surface area contributed by atoms with E-state index in [9.17, 15) is 8.42 Å². The normalized spacial score (nSPS) is 35.2. The average molecular weight is 272 g/mol. The standard InChI is InChI=1S/C13H24N2O2S/c16-18(17)8-1-6-15(7-9-18)11-12-10-13(12)2-4-14-5-3-13/h12,14H,1-11H2. The van der Waals surface area contributed by atoms with Gasteiger partial charge in [-0.1, -0.05) is 0 Å².